The zero-order valence-corrected chi connectivity index (χ0v) is 11.3. The largest absolute Gasteiger partial charge is 0.454 e. The van der Waals surface area contributed by atoms with Crippen LogP contribution in [0.5, 0.6) is 11.5 Å². The predicted molar refractivity (Wildman–Crippen MR) is 70.7 cm³/mol. The fraction of sp³-hybridized carbons (Fsp3) is 0.429. The average Bonchev–Trinajstić information content (AvgIpc) is 2.95. The van der Waals surface area contributed by atoms with E-state index in [1.54, 1.807) is 34.9 Å². The number of carbonyl (C=O) groups excluding carboxylic acids is 2. The van der Waals surface area contributed by atoms with Crippen molar-refractivity contribution in [2.45, 2.75) is 6.92 Å². The predicted octanol–water partition coefficient (Wildman–Crippen LogP) is 0.720. The van der Waals surface area contributed by atoms with Gasteiger partial charge in [-0.1, -0.05) is 6.07 Å². The second-order valence-electron chi connectivity index (χ2n) is 4.84. The first-order valence-electron chi connectivity index (χ1n) is 6.60. The van der Waals surface area contributed by atoms with Crippen LogP contribution in [0.1, 0.15) is 17.3 Å². The summed E-state index contributed by atoms with van der Waals surface area (Å²) >= 11 is 0. The third kappa shape index (κ3) is 2.17. The van der Waals surface area contributed by atoms with E-state index >= 15 is 0 Å². The van der Waals surface area contributed by atoms with E-state index in [0.717, 1.165) is 0 Å². The van der Waals surface area contributed by atoms with Gasteiger partial charge < -0.3 is 19.3 Å². The molecule has 3 rings (SSSR count). The highest BCUT2D eigenvalue weighted by Gasteiger charge is 2.28. The molecule has 0 bridgehead atoms. The number of rotatable bonds is 1. The summed E-state index contributed by atoms with van der Waals surface area (Å²) in [6.45, 7) is 3.94. The van der Waals surface area contributed by atoms with Crippen molar-refractivity contribution in [2.75, 3.05) is 33.0 Å². The number of nitrogens with zero attached hydrogens (tertiary/aromatic N) is 2. The van der Waals surface area contributed by atoms with Crippen LogP contribution in [0.15, 0.2) is 18.2 Å². The van der Waals surface area contributed by atoms with Gasteiger partial charge in [-0.2, -0.15) is 0 Å². The fourth-order valence-electron chi connectivity index (χ4n) is 2.49. The molecule has 20 heavy (non-hydrogen) atoms. The summed E-state index contributed by atoms with van der Waals surface area (Å²) in [5.41, 5.74) is 0.524. The van der Waals surface area contributed by atoms with E-state index < -0.39 is 0 Å². The van der Waals surface area contributed by atoms with E-state index in [9.17, 15) is 9.59 Å². The van der Waals surface area contributed by atoms with E-state index in [1.807, 2.05) is 0 Å². The summed E-state index contributed by atoms with van der Waals surface area (Å²) in [7, 11) is 0. The summed E-state index contributed by atoms with van der Waals surface area (Å²) in [4.78, 5) is 27.3. The Bertz CT molecular complexity index is 550. The molecule has 1 fully saturated rings. The third-order valence-electron chi connectivity index (χ3n) is 3.64. The highest BCUT2D eigenvalue weighted by molar-refractivity contribution is 5.98. The van der Waals surface area contributed by atoms with E-state index in [1.165, 1.54) is 0 Å². The minimum absolute atomic E-state index is 0.0504. The lowest BCUT2D eigenvalue weighted by atomic mass is 10.1. The van der Waals surface area contributed by atoms with Crippen LogP contribution in [-0.4, -0.2) is 54.6 Å². The van der Waals surface area contributed by atoms with Crippen LogP contribution in [0.3, 0.4) is 0 Å². The van der Waals surface area contributed by atoms with Gasteiger partial charge in [0.25, 0.3) is 5.91 Å². The summed E-state index contributed by atoms with van der Waals surface area (Å²) in [5.74, 6) is 1.11. The zero-order valence-electron chi connectivity index (χ0n) is 11.3. The van der Waals surface area contributed by atoms with Gasteiger partial charge in [0.05, 0.1) is 5.56 Å². The van der Waals surface area contributed by atoms with Crippen molar-refractivity contribution >= 4 is 11.8 Å². The van der Waals surface area contributed by atoms with Crippen molar-refractivity contribution in [3.63, 3.8) is 0 Å². The maximum absolute atomic E-state index is 12.5. The van der Waals surface area contributed by atoms with Gasteiger partial charge in [-0.3, -0.25) is 9.59 Å². The van der Waals surface area contributed by atoms with Crippen LogP contribution in [0.4, 0.5) is 0 Å². The van der Waals surface area contributed by atoms with Crippen molar-refractivity contribution in [2.24, 2.45) is 0 Å². The van der Waals surface area contributed by atoms with Gasteiger partial charge in [-0.05, 0) is 12.1 Å². The van der Waals surface area contributed by atoms with Crippen molar-refractivity contribution in [3.8, 4) is 11.5 Å². The Balaban J connectivity index is 1.75. The number of hydrogen-bond acceptors (Lipinski definition) is 4. The van der Waals surface area contributed by atoms with E-state index in [-0.39, 0.29) is 18.6 Å². The molecule has 6 nitrogen and oxygen atoms in total. The highest BCUT2D eigenvalue weighted by Crippen LogP contribution is 2.35. The maximum Gasteiger partial charge on any atom is 0.257 e. The lowest BCUT2D eigenvalue weighted by Crippen LogP contribution is -2.50. The first-order chi connectivity index (χ1) is 9.66. The second kappa shape index (κ2) is 5.03. The number of carbonyl (C=O) groups is 2. The molecule has 0 saturated carbocycles. The molecule has 2 aliphatic rings. The summed E-state index contributed by atoms with van der Waals surface area (Å²) in [6.07, 6.45) is 0. The molecule has 0 aliphatic carbocycles. The van der Waals surface area contributed by atoms with Crippen molar-refractivity contribution in [3.05, 3.63) is 23.8 Å². The molecule has 0 atom stereocenters. The third-order valence-corrected chi connectivity index (χ3v) is 3.64. The van der Waals surface area contributed by atoms with Gasteiger partial charge in [0.15, 0.2) is 11.5 Å². The monoisotopic (exact) mass is 276 g/mol. The van der Waals surface area contributed by atoms with Crippen molar-refractivity contribution in [1.29, 1.82) is 0 Å². The van der Waals surface area contributed by atoms with Gasteiger partial charge in [0.1, 0.15) is 0 Å². The molecule has 6 heteroatoms. The topological polar surface area (TPSA) is 59.1 Å². The van der Waals surface area contributed by atoms with Crippen LogP contribution in [-0.2, 0) is 4.79 Å². The molecule has 0 unspecified atom stereocenters. The van der Waals surface area contributed by atoms with Crippen LogP contribution in [0, 0.1) is 0 Å². The molecule has 1 aromatic carbocycles. The minimum atomic E-state index is -0.0736. The number of fused-ring (bicyclic) bond motifs is 1. The standard InChI is InChI=1S/C14H16N2O4/c1-10(17)15-5-7-16(8-6-15)14(18)11-3-2-4-12-13(11)20-9-19-12/h2-4H,5-9H2,1H3. The molecular formula is C14H16N2O4. The number of piperazine rings is 1. The molecule has 0 N–H and O–H groups in total. The van der Waals surface area contributed by atoms with Gasteiger partial charge >= 0.3 is 0 Å². The van der Waals surface area contributed by atoms with Crippen LogP contribution < -0.4 is 9.47 Å². The molecule has 1 saturated heterocycles. The normalized spacial score (nSPS) is 17.2. The van der Waals surface area contributed by atoms with E-state index in [0.29, 0.717) is 43.2 Å². The second-order valence-corrected chi connectivity index (χ2v) is 4.84. The molecule has 0 radical (unpaired) electrons. The minimum Gasteiger partial charge on any atom is -0.454 e. The molecule has 0 spiro atoms. The molecule has 1 aromatic rings. The van der Waals surface area contributed by atoms with Gasteiger partial charge in [-0.25, -0.2) is 0 Å². The van der Waals surface area contributed by atoms with Gasteiger partial charge in [0, 0.05) is 33.1 Å². The van der Waals surface area contributed by atoms with Crippen LogP contribution in [0.2, 0.25) is 0 Å². The number of benzene rings is 1. The average molecular weight is 276 g/mol. The van der Waals surface area contributed by atoms with Gasteiger partial charge in [-0.15, -0.1) is 0 Å². The lowest BCUT2D eigenvalue weighted by Gasteiger charge is -2.34. The smallest absolute Gasteiger partial charge is 0.257 e. The molecule has 2 aliphatic heterocycles. The molecule has 2 heterocycles. The first kappa shape index (κ1) is 12.8. The number of para-hydroxylation sites is 1. The van der Waals surface area contributed by atoms with E-state index in [2.05, 4.69) is 0 Å². The molecule has 0 aromatic heterocycles. The van der Waals surface area contributed by atoms with Crippen LogP contribution in [0.25, 0.3) is 0 Å². The molecule has 2 amide bonds. The Morgan fingerprint density at radius 2 is 1.75 bits per heavy atom. The Hall–Kier alpha value is -2.24. The number of ether oxygens (including phenoxy) is 2. The maximum atomic E-state index is 12.5. The summed E-state index contributed by atoms with van der Waals surface area (Å²) in [6, 6.07) is 5.31. The quantitative estimate of drug-likeness (QED) is 0.758. The lowest BCUT2D eigenvalue weighted by molar-refractivity contribution is -0.130. The first-order valence-corrected chi connectivity index (χ1v) is 6.60. The summed E-state index contributed by atoms with van der Waals surface area (Å²) in [5, 5.41) is 0. The molecular weight excluding hydrogens is 260 g/mol. The summed E-state index contributed by atoms with van der Waals surface area (Å²) < 4.78 is 10.6. The van der Waals surface area contributed by atoms with Crippen molar-refractivity contribution in [1.82, 2.24) is 9.80 Å². The van der Waals surface area contributed by atoms with E-state index in [4.69, 9.17) is 9.47 Å². The Morgan fingerprint density at radius 1 is 1.05 bits per heavy atom. The van der Waals surface area contributed by atoms with Gasteiger partial charge in [0.2, 0.25) is 12.7 Å². The molecule has 106 valence electrons. The highest BCUT2D eigenvalue weighted by atomic mass is 16.7. The number of amides is 2. The van der Waals surface area contributed by atoms with Crippen LogP contribution >= 0.6 is 0 Å². The zero-order chi connectivity index (χ0) is 14.1. The SMILES string of the molecule is CC(=O)N1CCN(C(=O)c2cccc3c2OCO3)CC1. The Morgan fingerprint density at radius 3 is 2.45 bits per heavy atom. The Labute approximate surface area is 116 Å². The Kier molecular flexibility index (Phi) is 3.22. The fourth-order valence-corrected chi connectivity index (χ4v) is 2.49. The number of hydrogen-bond donors (Lipinski definition) is 0. The van der Waals surface area contributed by atoms with Crippen molar-refractivity contribution < 1.29 is 19.1 Å².